The zero-order valence-electron chi connectivity index (χ0n) is 18.3. The molecule has 6 nitrogen and oxygen atoms in total. The van der Waals surface area contributed by atoms with Gasteiger partial charge in [0.2, 0.25) is 5.91 Å². The number of carbonyl (C=O) groups excluding carboxylic acids is 2. The lowest BCUT2D eigenvalue weighted by molar-refractivity contribution is -0.160. The average molecular weight is 425 g/mol. The number of hydrogen-bond donors (Lipinski definition) is 0. The third-order valence-corrected chi connectivity index (χ3v) is 6.34. The molecule has 2 heterocycles. The predicted molar refractivity (Wildman–Crippen MR) is 117 cm³/mol. The lowest BCUT2D eigenvalue weighted by Crippen LogP contribution is -2.58. The van der Waals surface area contributed by atoms with Crippen LogP contribution in [0.2, 0.25) is 0 Å². The molecule has 1 saturated carbocycles. The molecule has 0 unspecified atom stereocenters. The molecular formula is C25H32N2O4. The smallest absolute Gasteiger partial charge is 0.250 e. The van der Waals surface area contributed by atoms with Gasteiger partial charge in [0.25, 0.3) is 5.91 Å². The average Bonchev–Trinajstić information content (AvgIpc) is 3.31. The molecule has 2 aliphatic rings. The maximum absolute atomic E-state index is 13.7. The first-order valence-electron chi connectivity index (χ1n) is 11.5. The van der Waals surface area contributed by atoms with Gasteiger partial charge >= 0.3 is 0 Å². The Morgan fingerprint density at radius 2 is 1.84 bits per heavy atom. The second-order valence-electron chi connectivity index (χ2n) is 8.53. The number of carbonyl (C=O) groups is 2. The molecule has 166 valence electrons. The number of amides is 2. The molecule has 1 aromatic heterocycles. The molecule has 0 bridgehead atoms. The summed E-state index contributed by atoms with van der Waals surface area (Å²) in [4.78, 5) is 30.4. The van der Waals surface area contributed by atoms with E-state index < -0.39 is 6.04 Å². The number of ether oxygens (including phenoxy) is 1. The Hall–Kier alpha value is -2.76. The van der Waals surface area contributed by atoms with Gasteiger partial charge in [0, 0.05) is 6.04 Å². The highest BCUT2D eigenvalue weighted by atomic mass is 16.5. The lowest BCUT2D eigenvalue weighted by atomic mass is 9.91. The van der Waals surface area contributed by atoms with Crippen LogP contribution < -0.4 is 4.74 Å². The normalized spacial score (nSPS) is 20.4. The summed E-state index contributed by atoms with van der Waals surface area (Å²) >= 11 is 0. The van der Waals surface area contributed by atoms with Crippen LogP contribution in [-0.4, -0.2) is 40.8 Å². The van der Waals surface area contributed by atoms with E-state index in [0.29, 0.717) is 12.4 Å². The van der Waals surface area contributed by atoms with E-state index in [9.17, 15) is 9.59 Å². The molecule has 2 amide bonds. The maximum atomic E-state index is 13.7. The van der Waals surface area contributed by atoms with E-state index in [4.69, 9.17) is 9.15 Å². The summed E-state index contributed by atoms with van der Waals surface area (Å²) in [6.45, 7) is 3.25. The van der Waals surface area contributed by atoms with Crippen LogP contribution in [0.15, 0.2) is 47.1 Å². The van der Waals surface area contributed by atoms with Gasteiger partial charge in [-0.25, -0.2) is 0 Å². The van der Waals surface area contributed by atoms with Crippen LogP contribution in [0, 0.1) is 0 Å². The van der Waals surface area contributed by atoms with Crippen LogP contribution in [-0.2, 0) is 16.1 Å². The van der Waals surface area contributed by atoms with E-state index in [0.717, 1.165) is 49.8 Å². The van der Waals surface area contributed by atoms with Gasteiger partial charge < -0.3 is 19.0 Å². The third-order valence-electron chi connectivity index (χ3n) is 6.34. The number of nitrogens with zero attached hydrogens (tertiary/aromatic N) is 2. The Morgan fingerprint density at radius 3 is 2.52 bits per heavy atom. The first-order chi connectivity index (χ1) is 15.2. The largest absolute Gasteiger partial charge is 0.494 e. The summed E-state index contributed by atoms with van der Waals surface area (Å²) in [5.74, 6) is 1.44. The van der Waals surface area contributed by atoms with Crippen LogP contribution >= 0.6 is 0 Å². The molecule has 1 atom stereocenters. The summed E-state index contributed by atoms with van der Waals surface area (Å²) in [5.41, 5.74) is 0.813. The van der Waals surface area contributed by atoms with Crippen molar-refractivity contribution in [2.45, 2.75) is 70.5 Å². The summed E-state index contributed by atoms with van der Waals surface area (Å²) in [7, 11) is 0. The number of unbranched alkanes of at least 4 members (excludes halogenated alkanes) is 1. The minimum absolute atomic E-state index is 0.0118. The van der Waals surface area contributed by atoms with Crippen LogP contribution in [0.4, 0.5) is 0 Å². The summed E-state index contributed by atoms with van der Waals surface area (Å²) in [5, 5.41) is 0. The standard InChI is InChI=1S/C25H32N2O4/c1-2-3-15-30-21-13-11-19(12-14-21)24-25(29)26(20-8-5-4-6-9-20)18-23(28)27(24)17-22-10-7-16-31-22/h7,10-14,16,20,24H,2-6,8-9,15,17-18H2,1H3/t24-/m0/s1. The molecule has 4 rings (SSSR count). The van der Waals surface area contributed by atoms with Gasteiger partial charge in [0.05, 0.1) is 19.4 Å². The van der Waals surface area contributed by atoms with Gasteiger partial charge in [-0.15, -0.1) is 0 Å². The van der Waals surface area contributed by atoms with Crippen molar-refractivity contribution in [1.29, 1.82) is 0 Å². The van der Waals surface area contributed by atoms with Crippen molar-refractivity contribution in [2.24, 2.45) is 0 Å². The first kappa shape index (κ1) is 21.5. The van der Waals surface area contributed by atoms with Crippen LogP contribution in [0.5, 0.6) is 5.75 Å². The quantitative estimate of drug-likeness (QED) is 0.576. The maximum Gasteiger partial charge on any atom is 0.250 e. The highest BCUT2D eigenvalue weighted by Crippen LogP contribution is 2.34. The number of piperazine rings is 1. The number of hydrogen-bond acceptors (Lipinski definition) is 4. The molecule has 2 fully saturated rings. The fraction of sp³-hybridized carbons (Fsp3) is 0.520. The fourth-order valence-electron chi connectivity index (χ4n) is 4.60. The molecule has 31 heavy (non-hydrogen) atoms. The zero-order valence-corrected chi connectivity index (χ0v) is 18.3. The molecule has 0 radical (unpaired) electrons. The van der Waals surface area contributed by atoms with E-state index in [-0.39, 0.29) is 30.9 Å². The highest BCUT2D eigenvalue weighted by Gasteiger charge is 2.43. The molecule has 6 heteroatoms. The molecular weight excluding hydrogens is 392 g/mol. The minimum atomic E-state index is -0.641. The Kier molecular flexibility index (Phi) is 6.95. The van der Waals surface area contributed by atoms with Crippen molar-refractivity contribution in [2.75, 3.05) is 13.2 Å². The van der Waals surface area contributed by atoms with Gasteiger partial charge in [-0.05, 0) is 49.1 Å². The van der Waals surface area contributed by atoms with Crippen molar-refractivity contribution < 1.29 is 18.7 Å². The minimum Gasteiger partial charge on any atom is -0.494 e. The molecule has 2 aromatic rings. The predicted octanol–water partition coefficient (Wildman–Crippen LogP) is 4.70. The fourth-order valence-corrected chi connectivity index (χ4v) is 4.60. The van der Waals surface area contributed by atoms with E-state index in [1.54, 1.807) is 17.2 Å². The Balaban J connectivity index is 1.59. The topological polar surface area (TPSA) is 63.0 Å². The van der Waals surface area contributed by atoms with Crippen LogP contribution in [0.1, 0.15) is 69.2 Å². The summed E-state index contributed by atoms with van der Waals surface area (Å²) in [6, 6.07) is 10.8. The van der Waals surface area contributed by atoms with Crippen LogP contribution in [0.25, 0.3) is 0 Å². The van der Waals surface area contributed by atoms with E-state index in [1.165, 1.54) is 6.42 Å². The van der Waals surface area contributed by atoms with Crippen molar-refractivity contribution in [3.63, 3.8) is 0 Å². The number of furan rings is 1. The molecule has 1 saturated heterocycles. The number of benzene rings is 1. The Morgan fingerprint density at radius 1 is 1.06 bits per heavy atom. The monoisotopic (exact) mass is 424 g/mol. The van der Waals surface area contributed by atoms with Crippen molar-refractivity contribution in [3.8, 4) is 5.75 Å². The molecule has 0 N–H and O–H groups in total. The first-order valence-corrected chi connectivity index (χ1v) is 11.5. The second-order valence-corrected chi connectivity index (χ2v) is 8.53. The zero-order chi connectivity index (χ0) is 21.6. The Labute approximate surface area is 184 Å². The summed E-state index contributed by atoms with van der Waals surface area (Å²) < 4.78 is 11.3. The van der Waals surface area contributed by atoms with Crippen molar-refractivity contribution in [1.82, 2.24) is 9.80 Å². The highest BCUT2D eigenvalue weighted by molar-refractivity contribution is 5.95. The van der Waals surface area contributed by atoms with Gasteiger partial charge in [0.15, 0.2) is 0 Å². The van der Waals surface area contributed by atoms with Gasteiger partial charge in [-0.3, -0.25) is 9.59 Å². The Bertz CT molecular complexity index is 856. The number of rotatable bonds is 8. The van der Waals surface area contributed by atoms with Crippen LogP contribution in [0.3, 0.4) is 0 Å². The van der Waals surface area contributed by atoms with Crippen molar-refractivity contribution >= 4 is 11.8 Å². The van der Waals surface area contributed by atoms with Gasteiger partial charge in [-0.2, -0.15) is 0 Å². The molecule has 0 spiro atoms. The third kappa shape index (κ3) is 4.94. The SMILES string of the molecule is CCCCOc1ccc([C@H]2C(=O)N(C3CCCCC3)CC(=O)N2Cc2ccco2)cc1. The van der Waals surface area contributed by atoms with E-state index in [1.807, 2.05) is 35.2 Å². The van der Waals surface area contributed by atoms with E-state index in [2.05, 4.69) is 6.92 Å². The van der Waals surface area contributed by atoms with Crippen molar-refractivity contribution in [3.05, 3.63) is 54.0 Å². The van der Waals surface area contributed by atoms with Gasteiger partial charge in [-0.1, -0.05) is 44.7 Å². The summed E-state index contributed by atoms with van der Waals surface area (Å²) in [6.07, 6.45) is 9.08. The lowest BCUT2D eigenvalue weighted by Gasteiger charge is -2.44. The molecule has 1 aliphatic carbocycles. The molecule has 1 aliphatic heterocycles. The van der Waals surface area contributed by atoms with Gasteiger partial charge in [0.1, 0.15) is 24.1 Å². The molecule has 1 aromatic carbocycles. The van der Waals surface area contributed by atoms with E-state index >= 15 is 0 Å². The second kappa shape index (κ2) is 10.0.